The van der Waals surface area contributed by atoms with Crippen LogP contribution in [0.5, 0.6) is 0 Å². The summed E-state index contributed by atoms with van der Waals surface area (Å²) >= 11 is 3.00. The molecule has 2 aromatic rings. The van der Waals surface area contributed by atoms with Crippen LogP contribution in [0.25, 0.3) is 0 Å². The monoisotopic (exact) mass is 435 g/mol. The molecule has 0 aliphatic carbocycles. The molecule has 2 aromatic heterocycles. The Hall–Kier alpha value is -1.81. The Labute approximate surface area is 178 Å². The van der Waals surface area contributed by atoms with Crippen LogP contribution in [0.1, 0.15) is 27.0 Å². The first kappa shape index (κ1) is 20.5. The summed E-state index contributed by atoms with van der Waals surface area (Å²) in [7, 11) is 0. The summed E-state index contributed by atoms with van der Waals surface area (Å²) in [6.07, 6.45) is 4.13. The van der Waals surface area contributed by atoms with Gasteiger partial charge < -0.3 is 19.4 Å². The molecule has 4 heterocycles. The fourth-order valence-corrected chi connectivity index (χ4v) is 5.69. The minimum Gasteiger partial charge on any atom is -0.472 e. The molecule has 156 valence electrons. The number of carbonyl (C=O) groups is 2. The van der Waals surface area contributed by atoms with E-state index in [9.17, 15) is 9.59 Å². The van der Waals surface area contributed by atoms with E-state index in [1.54, 1.807) is 35.3 Å². The molecule has 1 N–H and O–H groups in total. The second-order valence-corrected chi connectivity index (χ2v) is 9.11. The first-order valence-corrected chi connectivity index (χ1v) is 11.7. The number of amides is 2. The predicted molar refractivity (Wildman–Crippen MR) is 113 cm³/mol. The number of morpholine rings is 1. The number of carbonyl (C=O) groups excluding carboxylic acids is 2. The van der Waals surface area contributed by atoms with Crippen LogP contribution in [-0.2, 0) is 9.53 Å². The summed E-state index contributed by atoms with van der Waals surface area (Å²) in [5.74, 6) is 0.377. The van der Waals surface area contributed by atoms with E-state index in [1.807, 2.05) is 17.5 Å². The number of hydrogen-bond acceptors (Lipinski definition) is 7. The number of ether oxygens (including phenoxy) is 1. The van der Waals surface area contributed by atoms with Crippen molar-refractivity contribution in [1.29, 1.82) is 0 Å². The maximum Gasteiger partial charge on any atom is 0.265 e. The molecule has 2 aliphatic heterocycles. The molecular formula is C20H25N3O4S2. The van der Waals surface area contributed by atoms with Gasteiger partial charge in [0.25, 0.3) is 5.91 Å². The molecule has 2 saturated heterocycles. The molecule has 2 aliphatic rings. The fraction of sp³-hybridized carbons (Fsp3) is 0.500. The molecule has 0 saturated carbocycles. The van der Waals surface area contributed by atoms with Gasteiger partial charge in [-0.3, -0.25) is 14.5 Å². The third kappa shape index (κ3) is 4.85. The topological polar surface area (TPSA) is 75.0 Å². The predicted octanol–water partition coefficient (Wildman–Crippen LogP) is 2.44. The van der Waals surface area contributed by atoms with Crippen molar-refractivity contribution in [2.75, 3.05) is 45.1 Å². The first-order chi connectivity index (χ1) is 14.2. The van der Waals surface area contributed by atoms with E-state index < -0.39 is 6.04 Å². The van der Waals surface area contributed by atoms with Crippen molar-refractivity contribution in [3.8, 4) is 0 Å². The van der Waals surface area contributed by atoms with Crippen molar-refractivity contribution in [3.63, 3.8) is 0 Å². The lowest BCUT2D eigenvalue weighted by molar-refractivity contribution is -0.124. The molecule has 0 bridgehead atoms. The van der Waals surface area contributed by atoms with Gasteiger partial charge in [0.1, 0.15) is 11.4 Å². The number of rotatable bonds is 7. The minimum absolute atomic E-state index is 0.0876. The van der Waals surface area contributed by atoms with Gasteiger partial charge in [-0.15, -0.1) is 23.1 Å². The van der Waals surface area contributed by atoms with Crippen molar-refractivity contribution < 1.29 is 18.7 Å². The number of thiophene rings is 1. The van der Waals surface area contributed by atoms with Gasteiger partial charge >= 0.3 is 0 Å². The van der Waals surface area contributed by atoms with Crippen LogP contribution in [0.3, 0.4) is 0 Å². The zero-order valence-electron chi connectivity index (χ0n) is 16.1. The van der Waals surface area contributed by atoms with Gasteiger partial charge in [-0.05, 0) is 30.5 Å². The smallest absolute Gasteiger partial charge is 0.265 e. The van der Waals surface area contributed by atoms with Crippen LogP contribution >= 0.6 is 23.1 Å². The van der Waals surface area contributed by atoms with Crippen molar-refractivity contribution in [2.24, 2.45) is 0 Å². The highest BCUT2D eigenvalue weighted by atomic mass is 32.2. The highest BCUT2D eigenvalue weighted by Gasteiger charge is 2.43. The Morgan fingerprint density at radius 1 is 1.24 bits per heavy atom. The molecule has 0 radical (unpaired) electrons. The molecule has 0 aromatic carbocycles. The standard InChI is InChI=1S/C20H25N3O4S2/c24-18(21-5-2-6-22-7-10-26-11-8-22)16-14-29-20(15-4-9-27-13-15)23(16)19(25)17-3-1-12-28-17/h1,3-4,9,12-13,16,20H,2,5-8,10-11,14H2,(H,21,24). The van der Waals surface area contributed by atoms with E-state index in [0.717, 1.165) is 44.8 Å². The van der Waals surface area contributed by atoms with Crippen molar-refractivity contribution >= 4 is 34.9 Å². The number of nitrogens with one attached hydrogen (secondary N) is 1. The van der Waals surface area contributed by atoms with Gasteiger partial charge in [0.15, 0.2) is 0 Å². The molecule has 7 nitrogen and oxygen atoms in total. The minimum atomic E-state index is -0.488. The van der Waals surface area contributed by atoms with Crippen molar-refractivity contribution in [1.82, 2.24) is 15.1 Å². The van der Waals surface area contributed by atoms with Crippen LogP contribution < -0.4 is 5.32 Å². The van der Waals surface area contributed by atoms with Crippen LogP contribution in [0.2, 0.25) is 0 Å². The average molecular weight is 436 g/mol. The zero-order valence-corrected chi connectivity index (χ0v) is 17.8. The zero-order chi connectivity index (χ0) is 20.1. The summed E-state index contributed by atoms with van der Waals surface area (Å²) in [5.41, 5.74) is 0.905. The van der Waals surface area contributed by atoms with Crippen LogP contribution in [0.15, 0.2) is 40.5 Å². The van der Waals surface area contributed by atoms with Gasteiger partial charge in [-0.2, -0.15) is 0 Å². The molecule has 9 heteroatoms. The molecule has 2 unspecified atom stereocenters. The lowest BCUT2D eigenvalue weighted by Crippen LogP contribution is -2.48. The van der Waals surface area contributed by atoms with Gasteiger partial charge in [0, 0.05) is 31.0 Å². The molecule has 29 heavy (non-hydrogen) atoms. The maximum atomic E-state index is 13.2. The summed E-state index contributed by atoms with van der Waals surface area (Å²) < 4.78 is 10.6. The Balaban J connectivity index is 1.38. The summed E-state index contributed by atoms with van der Waals surface area (Å²) in [6, 6.07) is 5.03. The quantitative estimate of drug-likeness (QED) is 0.674. The molecular weight excluding hydrogens is 410 g/mol. The fourth-order valence-electron chi connectivity index (χ4n) is 3.61. The van der Waals surface area contributed by atoms with E-state index in [-0.39, 0.29) is 17.2 Å². The third-order valence-corrected chi connectivity index (χ3v) is 7.33. The maximum absolute atomic E-state index is 13.2. The summed E-state index contributed by atoms with van der Waals surface area (Å²) in [4.78, 5) is 30.8. The van der Waals surface area contributed by atoms with Gasteiger partial charge in [-0.1, -0.05) is 6.07 Å². The Morgan fingerprint density at radius 2 is 2.10 bits per heavy atom. The lowest BCUT2D eigenvalue weighted by atomic mass is 10.2. The lowest BCUT2D eigenvalue weighted by Gasteiger charge is -2.28. The average Bonchev–Trinajstić information content (AvgIpc) is 3.51. The van der Waals surface area contributed by atoms with Gasteiger partial charge in [0.05, 0.1) is 30.6 Å². The summed E-state index contributed by atoms with van der Waals surface area (Å²) in [5, 5.41) is 4.70. The van der Waals surface area contributed by atoms with Crippen LogP contribution in [0.4, 0.5) is 0 Å². The second-order valence-electron chi connectivity index (χ2n) is 7.05. The van der Waals surface area contributed by atoms with Crippen LogP contribution in [0, 0.1) is 0 Å². The normalized spacial score (nSPS) is 22.7. The number of furan rings is 1. The van der Waals surface area contributed by atoms with Crippen LogP contribution in [-0.4, -0.2) is 72.8 Å². The Bertz CT molecular complexity index is 791. The highest BCUT2D eigenvalue weighted by molar-refractivity contribution is 7.99. The van der Waals surface area contributed by atoms with Gasteiger partial charge in [-0.25, -0.2) is 0 Å². The molecule has 2 atom stereocenters. The molecule has 4 rings (SSSR count). The van der Waals surface area contributed by atoms with E-state index in [1.165, 1.54) is 11.3 Å². The number of nitrogens with zero attached hydrogens (tertiary/aromatic N) is 2. The second kappa shape index (κ2) is 9.80. The Morgan fingerprint density at radius 3 is 2.83 bits per heavy atom. The van der Waals surface area contributed by atoms with E-state index in [4.69, 9.17) is 9.15 Å². The largest absolute Gasteiger partial charge is 0.472 e. The molecule has 0 spiro atoms. The van der Waals surface area contributed by atoms with E-state index in [0.29, 0.717) is 17.2 Å². The first-order valence-electron chi connectivity index (χ1n) is 9.82. The Kier molecular flexibility index (Phi) is 6.91. The number of hydrogen-bond donors (Lipinski definition) is 1. The molecule has 2 amide bonds. The van der Waals surface area contributed by atoms with E-state index >= 15 is 0 Å². The van der Waals surface area contributed by atoms with Crippen molar-refractivity contribution in [2.45, 2.75) is 17.8 Å². The third-order valence-electron chi connectivity index (χ3n) is 5.15. The van der Waals surface area contributed by atoms with Gasteiger partial charge in [0.2, 0.25) is 5.91 Å². The highest BCUT2D eigenvalue weighted by Crippen LogP contribution is 2.42. The number of thioether (sulfide) groups is 1. The molecule has 2 fully saturated rings. The summed E-state index contributed by atoms with van der Waals surface area (Å²) in [6.45, 7) is 5.00. The SMILES string of the molecule is O=C(NCCCN1CCOCC1)C1CSC(c2ccoc2)N1C(=O)c1cccs1. The van der Waals surface area contributed by atoms with E-state index in [2.05, 4.69) is 10.2 Å². The van der Waals surface area contributed by atoms with Crippen molar-refractivity contribution in [3.05, 3.63) is 46.5 Å².